The molecule has 1 saturated carbocycles. The molecular formula is C11H20N4OS. The van der Waals surface area contributed by atoms with Crippen LogP contribution in [0.25, 0.3) is 0 Å². The SMILES string of the molecule is CCOCCCSc1nnc(CN)n1C1CC1. The Morgan fingerprint density at radius 1 is 1.47 bits per heavy atom. The molecule has 17 heavy (non-hydrogen) atoms. The summed E-state index contributed by atoms with van der Waals surface area (Å²) in [6.45, 7) is 4.11. The Morgan fingerprint density at radius 2 is 2.29 bits per heavy atom. The minimum Gasteiger partial charge on any atom is -0.382 e. The molecule has 2 rings (SSSR count). The summed E-state index contributed by atoms with van der Waals surface area (Å²) in [4.78, 5) is 0. The number of ether oxygens (including phenoxy) is 1. The van der Waals surface area contributed by atoms with Crippen molar-refractivity contribution in [3.8, 4) is 0 Å². The topological polar surface area (TPSA) is 66.0 Å². The van der Waals surface area contributed by atoms with Crippen LogP contribution in [0, 0.1) is 0 Å². The maximum absolute atomic E-state index is 5.67. The number of rotatable bonds is 8. The van der Waals surface area contributed by atoms with Gasteiger partial charge in [-0.15, -0.1) is 10.2 Å². The van der Waals surface area contributed by atoms with Gasteiger partial charge in [0.25, 0.3) is 0 Å². The molecule has 96 valence electrons. The van der Waals surface area contributed by atoms with Gasteiger partial charge in [-0.25, -0.2) is 0 Å². The van der Waals surface area contributed by atoms with Gasteiger partial charge < -0.3 is 15.0 Å². The molecule has 1 fully saturated rings. The molecule has 0 radical (unpaired) electrons. The van der Waals surface area contributed by atoms with Crippen LogP contribution in [0.3, 0.4) is 0 Å². The second kappa shape index (κ2) is 6.37. The highest BCUT2D eigenvalue weighted by atomic mass is 32.2. The highest BCUT2D eigenvalue weighted by molar-refractivity contribution is 7.99. The molecule has 0 saturated heterocycles. The molecule has 1 aromatic heterocycles. The molecule has 1 aromatic rings. The summed E-state index contributed by atoms with van der Waals surface area (Å²) in [6, 6.07) is 0.595. The smallest absolute Gasteiger partial charge is 0.191 e. The predicted molar refractivity (Wildman–Crippen MR) is 68.0 cm³/mol. The van der Waals surface area contributed by atoms with E-state index in [1.54, 1.807) is 11.8 Å². The summed E-state index contributed by atoms with van der Waals surface area (Å²) in [7, 11) is 0. The van der Waals surface area contributed by atoms with Crippen molar-refractivity contribution in [3.05, 3.63) is 5.82 Å². The number of thioether (sulfide) groups is 1. The lowest BCUT2D eigenvalue weighted by Crippen LogP contribution is -2.08. The van der Waals surface area contributed by atoms with E-state index >= 15 is 0 Å². The van der Waals surface area contributed by atoms with Gasteiger partial charge in [0, 0.05) is 25.0 Å². The van der Waals surface area contributed by atoms with Crippen LogP contribution in [0.4, 0.5) is 0 Å². The number of aromatic nitrogens is 3. The zero-order chi connectivity index (χ0) is 12.1. The normalized spacial score (nSPS) is 15.4. The summed E-state index contributed by atoms with van der Waals surface area (Å²) < 4.78 is 7.53. The van der Waals surface area contributed by atoms with E-state index in [0.29, 0.717) is 12.6 Å². The van der Waals surface area contributed by atoms with E-state index in [9.17, 15) is 0 Å². The van der Waals surface area contributed by atoms with E-state index < -0.39 is 0 Å². The Hall–Kier alpha value is -0.590. The summed E-state index contributed by atoms with van der Waals surface area (Å²) in [5, 5.41) is 9.39. The summed E-state index contributed by atoms with van der Waals surface area (Å²) in [5.74, 6) is 1.94. The number of nitrogens with zero attached hydrogens (tertiary/aromatic N) is 3. The standard InChI is InChI=1S/C11H20N4OS/c1-2-16-6-3-7-17-11-14-13-10(8-12)15(11)9-4-5-9/h9H,2-8,12H2,1H3. The lowest BCUT2D eigenvalue weighted by atomic mass is 10.5. The highest BCUT2D eigenvalue weighted by Gasteiger charge is 2.28. The van der Waals surface area contributed by atoms with Gasteiger partial charge in [-0.3, -0.25) is 0 Å². The molecule has 1 heterocycles. The van der Waals surface area contributed by atoms with Crippen LogP contribution in [0.5, 0.6) is 0 Å². The molecule has 6 heteroatoms. The second-order valence-electron chi connectivity index (χ2n) is 4.10. The minimum absolute atomic E-state index is 0.475. The largest absolute Gasteiger partial charge is 0.382 e. The van der Waals surface area contributed by atoms with Crippen molar-refractivity contribution in [2.75, 3.05) is 19.0 Å². The Kier molecular flexibility index (Phi) is 4.82. The molecule has 0 aliphatic heterocycles. The van der Waals surface area contributed by atoms with Gasteiger partial charge in [0.05, 0.1) is 6.54 Å². The lowest BCUT2D eigenvalue weighted by Gasteiger charge is -2.07. The molecule has 0 unspecified atom stereocenters. The average Bonchev–Trinajstić information content (AvgIpc) is 3.10. The first-order valence-corrected chi connectivity index (χ1v) is 7.19. The molecule has 1 aliphatic carbocycles. The van der Waals surface area contributed by atoms with Crippen LogP contribution < -0.4 is 5.73 Å². The van der Waals surface area contributed by atoms with Crippen LogP contribution >= 0.6 is 11.8 Å². The fourth-order valence-electron chi connectivity index (χ4n) is 1.71. The number of hydrogen-bond donors (Lipinski definition) is 1. The maximum Gasteiger partial charge on any atom is 0.191 e. The monoisotopic (exact) mass is 256 g/mol. The third kappa shape index (κ3) is 3.43. The molecule has 0 spiro atoms. The molecule has 0 aromatic carbocycles. The third-order valence-corrected chi connectivity index (χ3v) is 3.73. The molecule has 2 N–H and O–H groups in total. The maximum atomic E-state index is 5.67. The van der Waals surface area contributed by atoms with Crippen LogP contribution in [-0.2, 0) is 11.3 Å². The number of nitrogens with two attached hydrogens (primary N) is 1. The van der Waals surface area contributed by atoms with Gasteiger partial charge in [-0.2, -0.15) is 0 Å². The van der Waals surface area contributed by atoms with E-state index in [4.69, 9.17) is 10.5 Å². The second-order valence-corrected chi connectivity index (χ2v) is 5.17. The molecule has 0 atom stereocenters. The van der Waals surface area contributed by atoms with Gasteiger partial charge in [0.15, 0.2) is 5.16 Å². The van der Waals surface area contributed by atoms with Crippen LogP contribution in [0.2, 0.25) is 0 Å². The predicted octanol–water partition coefficient (Wildman–Crippen LogP) is 1.59. The zero-order valence-electron chi connectivity index (χ0n) is 10.3. The zero-order valence-corrected chi connectivity index (χ0v) is 11.1. The highest BCUT2D eigenvalue weighted by Crippen LogP contribution is 2.38. The Balaban J connectivity index is 1.85. The van der Waals surface area contributed by atoms with E-state index in [0.717, 1.165) is 36.4 Å². The lowest BCUT2D eigenvalue weighted by molar-refractivity contribution is 0.149. The third-order valence-electron chi connectivity index (χ3n) is 2.70. The fraction of sp³-hybridized carbons (Fsp3) is 0.818. The van der Waals surface area contributed by atoms with Gasteiger partial charge >= 0.3 is 0 Å². The molecule has 5 nitrogen and oxygen atoms in total. The first-order chi connectivity index (χ1) is 8.36. The van der Waals surface area contributed by atoms with Gasteiger partial charge in [0.2, 0.25) is 0 Å². The van der Waals surface area contributed by atoms with Gasteiger partial charge in [-0.1, -0.05) is 11.8 Å². The molecule has 0 bridgehead atoms. The van der Waals surface area contributed by atoms with E-state index in [1.807, 2.05) is 6.92 Å². The van der Waals surface area contributed by atoms with Crippen molar-refractivity contribution in [2.24, 2.45) is 5.73 Å². The van der Waals surface area contributed by atoms with Gasteiger partial charge in [0.1, 0.15) is 5.82 Å². The Labute approximate surface area is 106 Å². The number of hydrogen-bond acceptors (Lipinski definition) is 5. The van der Waals surface area contributed by atoms with Crippen molar-refractivity contribution in [2.45, 2.75) is 43.9 Å². The van der Waals surface area contributed by atoms with Crippen LogP contribution in [0.15, 0.2) is 5.16 Å². The van der Waals surface area contributed by atoms with Crippen molar-refractivity contribution in [3.63, 3.8) is 0 Å². The first-order valence-electron chi connectivity index (χ1n) is 6.21. The molecular weight excluding hydrogens is 236 g/mol. The summed E-state index contributed by atoms with van der Waals surface area (Å²) in [6.07, 6.45) is 3.52. The van der Waals surface area contributed by atoms with Crippen LogP contribution in [0.1, 0.15) is 38.1 Å². The molecule has 1 aliphatic rings. The Morgan fingerprint density at radius 3 is 2.94 bits per heavy atom. The van der Waals surface area contributed by atoms with Gasteiger partial charge in [-0.05, 0) is 26.2 Å². The summed E-state index contributed by atoms with van der Waals surface area (Å²) in [5.41, 5.74) is 5.67. The van der Waals surface area contributed by atoms with E-state index in [2.05, 4.69) is 14.8 Å². The first kappa shape index (κ1) is 12.9. The Bertz CT molecular complexity index is 351. The molecule has 0 amide bonds. The average molecular weight is 256 g/mol. The van der Waals surface area contributed by atoms with Crippen LogP contribution in [-0.4, -0.2) is 33.7 Å². The van der Waals surface area contributed by atoms with E-state index in [1.165, 1.54) is 12.8 Å². The minimum atomic E-state index is 0.475. The van der Waals surface area contributed by atoms with Crippen molar-refractivity contribution < 1.29 is 4.74 Å². The quantitative estimate of drug-likeness (QED) is 0.565. The fourth-order valence-corrected chi connectivity index (χ4v) is 2.65. The summed E-state index contributed by atoms with van der Waals surface area (Å²) >= 11 is 1.76. The van der Waals surface area contributed by atoms with Crippen molar-refractivity contribution >= 4 is 11.8 Å². The van der Waals surface area contributed by atoms with Crippen molar-refractivity contribution in [1.82, 2.24) is 14.8 Å². The van der Waals surface area contributed by atoms with Crippen molar-refractivity contribution in [1.29, 1.82) is 0 Å². The van der Waals surface area contributed by atoms with E-state index in [-0.39, 0.29) is 0 Å².